The van der Waals surface area contributed by atoms with Crippen molar-refractivity contribution in [1.82, 2.24) is 9.62 Å². The Morgan fingerprint density at radius 3 is 2.45 bits per heavy atom. The zero-order chi connectivity index (χ0) is 21.0. The Morgan fingerprint density at radius 1 is 1.17 bits per heavy atom. The molecule has 0 aliphatic carbocycles. The van der Waals surface area contributed by atoms with Gasteiger partial charge in [0, 0.05) is 13.1 Å². The van der Waals surface area contributed by atoms with E-state index in [0.29, 0.717) is 19.4 Å². The van der Waals surface area contributed by atoms with Gasteiger partial charge in [-0.25, -0.2) is 12.8 Å². The number of nitrogens with zero attached hydrogens (tertiary/aromatic N) is 1. The van der Waals surface area contributed by atoms with Crippen LogP contribution in [0.2, 0.25) is 0 Å². The van der Waals surface area contributed by atoms with Gasteiger partial charge in [0.2, 0.25) is 15.9 Å². The van der Waals surface area contributed by atoms with Gasteiger partial charge in [-0.15, -0.1) is 0 Å². The van der Waals surface area contributed by atoms with Crippen molar-refractivity contribution in [2.45, 2.75) is 44.0 Å². The largest absolute Gasteiger partial charge is 0.349 e. The predicted molar refractivity (Wildman–Crippen MR) is 110 cm³/mol. The van der Waals surface area contributed by atoms with Crippen molar-refractivity contribution >= 4 is 15.9 Å². The second-order valence-corrected chi connectivity index (χ2v) is 9.47. The van der Waals surface area contributed by atoms with Crippen molar-refractivity contribution in [3.63, 3.8) is 0 Å². The molecule has 29 heavy (non-hydrogen) atoms. The van der Waals surface area contributed by atoms with E-state index in [1.165, 1.54) is 16.4 Å². The Balaban J connectivity index is 1.70. The monoisotopic (exact) mass is 418 g/mol. The van der Waals surface area contributed by atoms with Crippen molar-refractivity contribution in [1.29, 1.82) is 0 Å². The third-order valence-corrected chi connectivity index (χ3v) is 7.29. The fraction of sp³-hybridized carbons (Fsp3) is 0.409. The number of benzene rings is 2. The summed E-state index contributed by atoms with van der Waals surface area (Å²) in [5, 5.41) is 3.08. The van der Waals surface area contributed by atoms with Gasteiger partial charge >= 0.3 is 0 Å². The van der Waals surface area contributed by atoms with Crippen LogP contribution in [0.4, 0.5) is 4.39 Å². The van der Waals surface area contributed by atoms with Crippen LogP contribution < -0.4 is 5.32 Å². The number of hydrogen-bond donors (Lipinski definition) is 1. The van der Waals surface area contributed by atoms with E-state index in [9.17, 15) is 17.6 Å². The molecule has 0 saturated carbocycles. The second-order valence-electron chi connectivity index (χ2n) is 7.54. The van der Waals surface area contributed by atoms with E-state index in [2.05, 4.69) is 5.32 Å². The summed E-state index contributed by atoms with van der Waals surface area (Å²) in [5.41, 5.74) is 2.20. The fourth-order valence-corrected chi connectivity index (χ4v) is 5.16. The van der Waals surface area contributed by atoms with E-state index >= 15 is 0 Å². The van der Waals surface area contributed by atoms with Gasteiger partial charge in [0.15, 0.2) is 0 Å². The van der Waals surface area contributed by atoms with Crippen molar-refractivity contribution in [3.8, 4) is 0 Å². The van der Waals surface area contributed by atoms with Crippen molar-refractivity contribution in [3.05, 3.63) is 65.5 Å². The second kappa shape index (κ2) is 9.05. The molecule has 1 aliphatic heterocycles. The fourth-order valence-electron chi connectivity index (χ4n) is 3.64. The zero-order valence-electron chi connectivity index (χ0n) is 16.8. The highest BCUT2D eigenvalue weighted by Crippen LogP contribution is 2.25. The topological polar surface area (TPSA) is 66.5 Å². The molecule has 1 amide bonds. The number of amides is 1. The van der Waals surface area contributed by atoms with E-state index in [1.54, 1.807) is 0 Å². The number of halogens is 1. The number of carbonyl (C=O) groups is 1. The predicted octanol–water partition coefficient (Wildman–Crippen LogP) is 3.80. The van der Waals surface area contributed by atoms with Crippen molar-refractivity contribution in [2.75, 3.05) is 13.1 Å². The van der Waals surface area contributed by atoms with Gasteiger partial charge in [0.25, 0.3) is 0 Å². The van der Waals surface area contributed by atoms with Crippen LogP contribution in [0.3, 0.4) is 0 Å². The maximum absolute atomic E-state index is 13.1. The molecule has 0 radical (unpaired) electrons. The number of carbonyl (C=O) groups excluding carboxylic acids is 1. The number of nitrogens with one attached hydrogen (secondary N) is 1. The Kier molecular flexibility index (Phi) is 6.70. The molecule has 0 bridgehead atoms. The summed E-state index contributed by atoms with van der Waals surface area (Å²) in [5.74, 6) is -1.02. The molecule has 0 spiro atoms. The average Bonchev–Trinajstić information content (AvgIpc) is 2.73. The lowest BCUT2D eigenvalue weighted by atomic mass is 9.97. The number of hydrogen-bond acceptors (Lipinski definition) is 3. The standard InChI is InChI=1S/C22H27FN2O3S/c1-3-21(17-8-6-16(2)7-9-17)24-22(26)18-5-4-14-25(15-18)29(27,28)20-12-10-19(23)11-13-20/h6-13,18,21H,3-5,14-15H2,1-2H3,(H,24,26)/t18-,21+/m1/s1. The first kappa shape index (κ1) is 21.5. The minimum atomic E-state index is -3.75. The number of piperidine rings is 1. The highest BCUT2D eigenvalue weighted by molar-refractivity contribution is 7.89. The van der Waals surface area contributed by atoms with Gasteiger partial charge < -0.3 is 5.32 Å². The summed E-state index contributed by atoms with van der Waals surface area (Å²) in [7, 11) is -3.75. The molecule has 0 aromatic heterocycles. The summed E-state index contributed by atoms with van der Waals surface area (Å²) in [6.07, 6.45) is 2.00. The van der Waals surface area contributed by atoms with E-state index in [4.69, 9.17) is 0 Å². The SMILES string of the molecule is CC[C@H](NC(=O)[C@@H]1CCCN(S(=O)(=O)c2ccc(F)cc2)C1)c1ccc(C)cc1. The molecule has 1 aliphatic rings. The third kappa shape index (κ3) is 5.03. The molecule has 5 nitrogen and oxygen atoms in total. The van der Waals surface area contributed by atoms with Gasteiger partial charge in [0.05, 0.1) is 16.9 Å². The minimum absolute atomic E-state index is 0.0473. The molecular formula is C22H27FN2O3S. The molecule has 2 aromatic rings. The van der Waals surface area contributed by atoms with Crippen LogP contribution in [0.1, 0.15) is 43.4 Å². The average molecular weight is 419 g/mol. The van der Waals surface area contributed by atoms with Gasteiger partial charge in [-0.2, -0.15) is 4.31 Å². The van der Waals surface area contributed by atoms with Crippen LogP contribution in [0.25, 0.3) is 0 Å². The lowest BCUT2D eigenvalue weighted by Gasteiger charge is -2.32. The summed E-state index contributed by atoms with van der Waals surface area (Å²) in [6, 6.07) is 12.7. The number of aryl methyl sites for hydroxylation is 1. The third-order valence-electron chi connectivity index (χ3n) is 5.41. The van der Waals surface area contributed by atoms with E-state index < -0.39 is 21.8 Å². The van der Waals surface area contributed by atoms with Crippen molar-refractivity contribution < 1.29 is 17.6 Å². The van der Waals surface area contributed by atoms with Crippen molar-refractivity contribution in [2.24, 2.45) is 5.92 Å². The van der Waals surface area contributed by atoms with Crippen LogP contribution in [-0.2, 0) is 14.8 Å². The molecule has 0 unspecified atom stereocenters. The Hall–Kier alpha value is -2.25. The maximum Gasteiger partial charge on any atom is 0.243 e. The van der Waals surface area contributed by atoms with Crippen LogP contribution in [0.15, 0.2) is 53.4 Å². The Morgan fingerprint density at radius 2 is 1.83 bits per heavy atom. The van der Waals surface area contributed by atoms with E-state index in [1.807, 2.05) is 38.1 Å². The normalized spacial score (nSPS) is 18.9. The molecule has 2 aromatic carbocycles. The summed E-state index contributed by atoms with van der Waals surface area (Å²) in [4.78, 5) is 12.9. The molecule has 1 saturated heterocycles. The van der Waals surface area contributed by atoms with Gasteiger partial charge in [-0.1, -0.05) is 36.8 Å². The van der Waals surface area contributed by atoms with Gasteiger partial charge in [-0.05, 0) is 56.0 Å². The summed E-state index contributed by atoms with van der Waals surface area (Å²) in [6.45, 7) is 4.52. The first-order valence-electron chi connectivity index (χ1n) is 9.94. The highest BCUT2D eigenvalue weighted by Gasteiger charge is 2.33. The van der Waals surface area contributed by atoms with Crippen LogP contribution in [-0.4, -0.2) is 31.7 Å². The molecule has 1 heterocycles. The lowest BCUT2D eigenvalue weighted by Crippen LogP contribution is -2.46. The molecule has 1 fully saturated rings. The molecule has 7 heteroatoms. The molecule has 156 valence electrons. The van der Waals surface area contributed by atoms with E-state index in [-0.39, 0.29) is 23.4 Å². The molecular weight excluding hydrogens is 391 g/mol. The summed E-state index contributed by atoms with van der Waals surface area (Å²) < 4.78 is 40.2. The summed E-state index contributed by atoms with van der Waals surface area (Å²) >= 11 is 0. The first-order chi connectivity index (χ1) is 13.8. The quantitative estimate of drug-likeness (QED) is 0.776. The number of sulfonamides is 1. The smallest absolute Gasteiger partial charge is 0.243 e. The van der Waals surface area contributed by atoms with Crippen LogP contribution >= 0.6 is 0 Å². The maximum atomic E-state index is 13.1. The Labute approximate surface area is 172 Å². The van der Waals surface area contributed by atoms with Gasteiger partial charge in [-0.3, -0.25) is 4.79 Å². The molecule has 1 N–H and O–H groups in total. The molecule has 3 rings (SSSR count). The zero-order valence-corrected chi connectivity index (χ0v) is 17.6. The minimum Gasteiger partial charge on any atom is -0.349 e. The Bertz CT molecular complexity index is 943. The van der Waals surface area contributed by atoms with Crippen LogP contribution in [0.5, 0.6) is 0 Å². The van der Waals surface area contributed by atoms with Gasteiger partial charge in [0.1, 0.15) is 5.82 Å². The lowest BCUT2D eigenvalue weighted by molar-refractivity contribution is -0.126. The van der Waals surface area contributed by atoms with E-state index in [0.717, 1.165) is 29.7 Å². The first-order valence-corrected chi connectivity index (χ1v) is 11.4. The highest BCUT2D eigenvalue weighted by atomic mass is 32.2. The van der Waals surface area contributed by atoms with Crippen LogP contribution in [0, 0.1) is 18.7 Å². The number of rotatable bonds is 6. The molecule has 2 atom stereocenters.